The van der Waals surface area contributed by atoms with Gasteiger partial charge >= 0.3 is 0 Å². The van der Waals surface area contributed by atoms with Crippen molar-refractivity contribution in [1.29, 1.82) is 0 Å². The minimum Gasteiger partial charge on any atom is -0.309 e. The summed E-state index contributed by atoms with van der Waals surface area (Å²) >= 11 is 0. The van der Waals surface area contributed by atoms with Crippen molar-refractivity contribution in [3.8, 4) is 0 Å². The molecule has 0 amide bonds. The average molecular weight is 283 g/mol. The first-order chi connectivity index (χ1) is 10.2. The van der Waals surface area contributed by atoms with Crippen LogP contribution in [0.25, 0.3) is 0 Å². The van der Waals surface area contributed by atoms with E-state index in [9.17, 15) is 4.39 Å². The number of aryl methyl sites for hydroxylation is 1. The van der Waals surface area contributed by atoms with Gasteiger partial charge in [0.15, 0.2) is 0 Å². The van der Waals surface area contributed by atoms with E-state index in [1.807, 2.05) is 12.1 Å². The molecule has 0 bridgehead atoms. The molecule has 1 fully saturated rings. The number of rotatable bonds is 6. The number of halogens is 1. The van der Waals surface area contributed by atoms with E-state index in [1.54, 1.807) is 6.07 Å². The van der Waals surface area contributed by atoms with Crippen molar-refractivity contribution in [2.24, 2.45) is 5.92 Å². The van der Waals surface area contributed by atoms with Gasteiger partial charge in [0.2, 0.25) is 0 Å². The van der Waals surface area contributed by atoms with E-state index < -0.39 is 0 Å². The SMILES string of the molecule is Cc1ccc(C(NCCc2ccccc2F)C2CC2)cc1. The Labute approximate surface area is 126 Å². The van der Waals surface area contributed by atoms with E-state index in [2.05, 4.69) is 36.5 Å². The summed E-state index contributed by atoms with van der Waals surface area (Å²) in [7, 11) is 0. The van der Waals surface area contributed by atoms with Gasteiger partial charge < -0.3 is 5.32 Å². The molecular weight excluding hydrogens is 261 g/mol. The highest BCUT2D eigenvalue weighted by Crippen LogP contribution is 2.40. The Bertz CT molecular complexity index is 587. The molecule has 1 N–H and O–H groups in total. The van der Waals surface area contributed by atoms with Crippen molar-refractivity contribution in [2.75, 3.05) is 6.54 Å². The minimum absolute atomic E-state index is 0.0994. The first-order valence-corrected chi connectivity index (χ1v) is 7.77. The van der Waals surface area contributed by atoms with Gasteiger partial charge in [-0.15, -0.1) is 0 Å². The van der Waals surface area contributed by atoms with Gasteiger partial charge in [-0.3, -0.25) is 0 Å². The summed E-state index contributed by atoms with van der Waals surface area (Å²) in [6, 6.07) is 16.2. The fraction of sp³-hybridized carbons (Fsp3) is 0.368. The zero-order chi connectivity index (χ0) is 14.7. The van der Waals surface area contributed by atoms with Crippen molar-refractivity contribution >= 4 is 0 Å². The van der Waals surface area contributed by atoms with Crippen LogP contribution >= 0.6 is 0 Å². The molecule has 0 aliphatic heterocycles. The molecule has 1 aliphatic carbocycles. The lowest BCUT2D eigenvalue weighted by Crippen LogP contribution is -2.25. The fourth-order valence-electron chi connectivity index (χ4n) is 2.82. The Kier molecular flexibility index (Phi) is 4.35. The standard InChI is InChI=1S/C19H22FN/c1-14-6-8-16(9-7-14)19(17-10-11-17)21-13-12-15-4-2-3-5-18(15)20/h2-9,17,19,21H,10-13H2,1H3. The summed E-state index contributed by atoms with van der Waals surface area (Å²) in [5.41, 5.74) is 3.44. The number of benzene rings is 2. The highest BCUT2D eigenvalue weighted by Gasteiger charge is 2.31. The highest BCUT2D eigenvalue weighted by molar-refractivity contribution is 5.26. The van der Waals surface area contributed by atoms with Crippen molar-refractivity contribution < 1.29 is 4.39 Å². The monoisotopic (exact) mass is 283 g/mol. The maximum absolute atomic E-state index is 13.6. The van der Waals surface area contributed by atoms with Gasteiger partial charge in [-0.1, -0.05) is 48.0 Å². The number of nitrogens with one attached hydrogen (secondary N) is 1. The lowest BCUT2D eigenvalue weighted by molar-refractivity contribution is 0.481. The van der Waals surface area contributed by atoms with Gasteiger partial charge in [-0.05, 0) is 55.8 Å². The van der Waals surface area contributed by atoms with E-state index in [-0.39, 0.29) is 5.82 Å². The summed E-state index contributed by atoms with van der Waals surface area (Å²) in [5, 5.41) is 3.63. The first kappa shape index (κ1) is 14.3. The summed E-state index contributed by atoms with van der Waals surface area (Å²) in [6.07, 6.45) is 3.33. The van der Waals surface area contributed by atoms with Crippen LogP contribution in [0.5, 0.6) is 0 Å². The molecule has 3 rings (SSSR count). The van der Waals surface area contributed by atoms with Gasteiger partial charge in [0.1, 0.15) is 5.82 Å². The predicted octanol–water partition coefficient (Wildman–Crippen LogP) is 4.42. The van der Waals surface area contributed by atoms with Gasteiger partial charge in [0.05, 0.1) is 0 Å². The zero-order valence-corrected chi connectivity index (χ0v) is 12.5. The van der Waals surface area contributed by atoms with E-state index in [1.165, 1.54) is 30.0 Å². The van der Waals surface area contributed by atoms with Crippen LogP contribution in [-0.2, 0) is 6.42 Å². The van der Waals surface area contributed by atoms with Gasteiger partial charge in [0, 0.05) is 6.04 Å². The quantitative estimate of drug-likeness (QED) is 0.827. The second-order valence-electron chi connectivity index (χ2n) is 6.02. The minimum atomic E-state index is -0.0994. The van der Waals surface area contributed by atoms with Gasteiger partial charge in [-0.2, -0.15) is 0 Å². The lowest BCUT2D eigenvalue weighted by atomic mass is 10.0. The maximum atomic E-state index is 13.6. The third kappa shape index (κ3) is 3.70. The van der Waals surface area contributed by atoms with Crippen molar-refractivity contribution in [2.45, 2.75) is 32.2 Å². The molecule has 0 saturated heterocycles. The average Bonchev–Trinajstić information content (AvgIpc) is 3.31. The van der Waals surface area contributed by atoms with Crippen LogP contribution in [0.4, 0.5) is 4.39 Å². The molecule has 21 heavy (non-hydrogen) atoms. The van der Waals surface area contributed by atoms with E-state index >= 15 is 0 Å². The van der Waals surface area contributed by atoms with Crippen LogP contribution in [0.2, 0.25) is 0 Å². The second-order valence-corrected chi connectivity index (χ2v) is 6.02. The molecule has 1 atom stereocenters. The van der Waals surface area contributed by atoms with Gasteiger partial charge in [-0.25, -0.2) is 4.39 Å². The molecule has 110 valence electrons. The largest absolute Gasteiger partial charge is 0.309 e. The Balaban J connectivity index is 1.61. The van der Waals surface area contributed by atoms with Crippen LogP contribution in [-0.4, -0.2) is 6.54 Å². The number of hydrogen-bond donors (Lipinski definition) is 1. The molecule has 0 radical (unpaired) electrons. The Morgan fingerprint density at radius 2 is 1.81 bits per heavy atom. The second kappa shape index (κ2) is 6.40. The molecule has 0 spiro atoms. The first-order valence-electron chi connectivity index (χ1n) is 7.77. The molecule has 0 aromatic heterocycles. The number of hydrogen-bond acceptors (Lipinski definition) is 1. The molecule has 2 aromatic rings. The van der Waals surface area contributed by atoms with E-state index in [4.69, 9.17) is 0 Å². The lowest BCUT2D eigenvalue weighted by Gasteiger charge is -2.19. The molecular formula is C19H22FN. The topological polar surface area (TPSA) is 12.0 Å². The highest BCUT2D eigenvalue weighted by atomic mass is 19.1. The molecule has 1 aliphatic rings. The smallest absolute Gasteiger partial charge is 0.126 e. The Morgan fingerprint density at radius 1 is 1.10 bits per heavy atom. The van der Waals surface area contributed by atoms with Crippen molar-refractivity contribution in [3.05, 3.63) is 71.0 Å². The zero-order valence-electron chi connectivity index (χ0n) is 12.5. The van der Waals surface area contributed by atoms with E-state index in [0.717, 1.165) is 24.4 Å². The molecule has 1 unspecified atom stereocenters. The normalized spacial score (nSPS) is 15.9. The summed E-state index contributed by atoms with van der Waals surface area (Å²) < 4.78 is 13.6. The van der Waals surface area contributed by atoms with Crippen LogP contribution < -0.4 is 5.32 Å². The molecule has 2 heteroatoms. The van der Waals surface area contributed by atoms with E-state index in [0.29, 0.717) is 6.04 Å². The van der Waals surface area contributed by atoms with Crippen LogP contribution in [0.1, 0.15) is 35.6 Å². The van der Waals surface area contributed by atoms with Gasteiger partial charge in [0.25, 0.3) is 0 Å². The Hall–Kier alpha value is -1.67. The maximum Gasteiger partial charge on any atom is 0.126 e. The van der Waals surface area contributed by atoms with Crippen molar-refractivity contribution in [1.82, 2.24) is 5.32 Å². The third-order valence-electron chi connectivity index (χ3n) is 4.25. The molecule has 1 nitrogen and oxygen atoms in total. The predicted molar refractivity (Wildman–Crippen MR) is 84.8 cm³/mol. The fourth-order valence-corrected chi connectivity index (χ4v) is 2.82. The molecule has 2 aromatic carbocycles. The van der Waals surface area contributed by atoms with Crippen LogP contribution in [0.15, 0.2) is 48.5 Å². The van der Waals surface area contributed by atoms with Crippen LogP contribution in [0, 0.1) is 18.7 Å². The van der Waals surface area contributed by atoms with Crippen LogP contribution in [0.3, 0.4) is 0 Å². The Morgan fingerprint density at radius 3 is 2.48 bits per heavy atom. The molecule has 1 saturated carbocycles. The summed E-state index contributed by atoms with van der Waals surface area (Å²) in [6.45, 7) is 2.93. The summed E-state index contributed by atoms with van der Waals surface area (Å²) in [5.74, 6) is 0.644. The van der Waals surface area contributed by atoms with Crippen molar-refractivity contribution in [3.63, 3.8) is 0 Å². The summed E-state index contributed by atoms with van der Waals surface area (Å²) in [4.78, 5) is 0. The third-order valence-corrected chi connectivity index (χ3v) is 4.25. The molecule has 0 heterocycles.